The van der Waals surface area contributed by atoms with Crippen LogP contribution in [0.2, 0.25) is 0 Å². The number of piperazine rings is 1. The third kappa shape index (κ3) is 6.51. The molecule has 1 aliphatic carbocycles. The van der Waals surface area contributed by atoms with Gasteiger partial charge in [0.2, 0.25) is 0 Å². The molecule has 0 bridgehead atoms. The van der Waals surface area contributed by atoms with Gasteiger partial charge in [0.15, 0.2) is 0 Å². The first-order valence-electron chi connectivity index (χ1n) is 12.1. The molecule has 1 heterocycles. The zero-order valence-corrected chi connectivity index (χ0v) is 19.5. The summed E-state index contributed by atoms with van der Waals surface area (Å²) in [7, 11) is 0. The van der Waals surface area contributed by atoms with Gasteiger partial charge in [0, 0.05) is 55.7 Å². The second-order valence-corrected chi connectivity index (χ2v) is 9.22. The maximum Gasteiger partial charge on any atom is 0.117 e. The Bertz CT molecular complexity index is 892. The fourth-order valence-electron chi connectivity index (χ4n) is 4.81. The van der Waals surface area contributed by atoms with Crippen LogP contribution in [0.3, 0.4) is 0 Å². The smallest absolute Gasteiger partial charge is 0.117 e. The first-order valence-corrected chi connectivity index (χ1v) is 12.1. The van der Waals surface area contributed by atoms with Crippen molar-refractivity contribution in [3.63, 3.8) is 0 Å². The Kier molecular flexibility index (Phi) is 8.29. The molecule has 6 nitrogen and oxygen atoms in total. The van der Waals surface area contributed by atoms with Gasteiger partial charge in [0.25, 0.3) is 0 Å². The van der Waals surface area contributed by atoms with Crippen molar-refractivity contribution < 1.29 is 9.13 Å². The molecule has 0 radical (unpaired) electrons. The minimum Gasteiger partial charge on any atom is -0.382 e. The fraction of sp³-hybridized carbons (Fsp3) is 0.538. The summed E-state index contributed by atoms with van der Waals surface area (Å²) in [5.41, 5.74) is 3.99. The number of alkyl halides is 1. The molecule has 0 amide bonds. The summed E-state index contributed by atoms with van der Waals surface area (Å²) < 4.78 is 19.3. The van der Waals surface area contributed by atoms with E-state index in [0.717, 1.165) is 70.7 Å². The van der Waals surface area contributed by atoms with Crippen LogP contribution in [0.1, 0.15) is 36.8 Å². The number of aryl methyl sites for hydroxylation is 1. The molecule has 7 heteroatoms. The Hall–Kier alpha value is -2.51. The number of nitrogens with zero attached hydrogens (tertiary/aromatic N) is 3. The molecule has 178 valence electrons. The van der Waals surface area contributed by atoms with Crippen molar-refractivity contribution in [3.05, 3.63) is 58.5 Å². The monoisotopic (exact) mass is 454 g/mol. The predicted octanol–water partition coefficient (Wildman–Crippen LogP) is 5.42. The number of nitroso groups, excluding NO2 is 1. The predicted molar refractivity (Wildman–Crippen MR) is 132 cm³/mol. The van der Waals surface area contributed by atoms with Gasteiger partial charge in [-0.15, -0.1) is 4.91 Å². The normalized spacial score (nSPS) is 21.7. The lowest BCUT2D eigenvalue weighted by molar-refractivity contribution is 0.0139. The number of halogens is 1. The molecule has 1 N–H and O–H groups in total. The number of ether oxygens (including phenoxy) is 1. The van der Waals surface area contributed by atoms with Crippen LogP contribution in [-0.4, -0.2) is 56.4 Å². The van der Waals surface area contributed by atoms with E-state index in [-0.39, 0.29) is 5.69 Å². The van der Waals surface area contributed by atoms with Gasteiger partial charge >= 0.3 is 0 Å². The topological polar surface area (TPSA) is 57.2 Å². The van der Waals surface area contributed by atoms with E-state index in [9.17, 15) is 9.30 Å². The van der Waals surface area contributed by atoms with Crippen molar-refractivity contribution in [1.29, 1.82) is 0 Å². The molecular formula is C26H35FN4O2. The highest BCUT2D eigenvalue weighted by molar-refractivity contribution is 5.57. The average molecular weight is 455 g/mol. The van der Waals surface area contributed by atoms with E-state index in [1.54, 1.807) is 18.2 Å². The Morgan fingerprint density at radius 2 is 1.76 bits per heavy atom. The van der Waals surface area contributed by atoms with Crippen molar-refractivity contribution in [2.24, 2.45) is 5.18 Å². The highest BCUT2D eigenvalue weighted by atomic mass is 19.1. The fourth-order valence-corrected chi connectivity index (χ4v) is 4.81. The quantitative estimate of drug-likeness (QED) is 0.513. The first kappa shape index (κ1) is 23.6. The second kappa shape index (κ2) is 11.6. The van der Waals surface area contributed by atoms with E-state index in [4.69, 9.17) is 4.74 Å². The zero-order chi connectivity index (χ0) is 23.0. The van der Waals surface area contributed by atoms with Gasteiger partial charge in [-0.3, -0.25) is 4.90 Å². The van der Waals surface area contributed by atoms with Gasteiger partial charge in [-0.25, -0.2) is 4.39 Å². The zero-order valence-electron chi connectivity index (χ0n) is 19.5. The minimum absolute atomic E-state index is 0.178. The van der Waals surface area contributed by atoms with E-state index >= 15 is 0 Å². The Morgan fingerprint density at radius 3 is 2.42 bits per heavy atom. The Morgan fingerprint density at radius 1 is 1.03 bits per heavy atom. The van der Waals surface area contributed by atoms with Crippen LogP contribution in [0.25, 0.3) is 0 Å². The van der Waals surface area contributed by atoms with Gasteiger partial charge in [-0.2, -0.15) is 0 Å². The average Bonchev–Trinajstić information content (AvgIpc) is 2.86. The molecule has 2 aromatic carbocycles. The van der Waals surface area contributed by atoms with Crippen LogP contribution in [0.5, 0.6) is 0 Å². The van der Waals surface area contributed by atoms with E-state index in [2.05, 4.69) is 51.5 Å². The molecular weight excluding hydrogens is 419 g/mol. The summed E-state index contributed by atoms with van der Waals surface area (Å²) in [4.78, 5) is 15.7. The lowest BCUT2D eigenvalue weighted by Gasteiger charge is -2.36. The van der Waals surface area contributed by atoms with Gasteiger partial charge in [-0.1, -0.05) is 17.7 Å². The minimum atomic E-state index is -0.682. The molecule has 0 unspecified atom stereocenters. The maximum absolute atomic E-state index is 13.1. The summed E-state index contributed by atoms with van der Waals surface area (Å²) >= 11 is 0. The van der Waals surface area contributed by atoms with Crippen LogP contribution in [0, 0.1) is 11.8 Å². The summed E-state index contributed by atoms with van der Waals surface area (Å²) in [6.45, 7) is 7.50. The Labute approximate surface area is 196 Å². The van der Waals surface area contributed by atoms with E-state index in [0.29, 0.717) is 17.7 Å². The second-order valence-electron chi connectivity index (χ2n) is 9.22. The molecule has 0 atom stereocenters. The third-order valence-corrected chi connectivity index (χ3v) is 6.90. The van der Waals surface area contributed by atoms with Gasteiger partial charge in [-0.05, 0) is 68.1 Å². The molecule has 0 aromatic heterocycles. The molecule has 1 aliphatic heterocycles. The van der Waals surface area contributed by atoms with Crippen LogP contribution in [-0.2, 0) is 11.4 Å². The molecule has 2 aromatic rings. The highest BCUT2D eigenvalue weighted by Crippen LogP contribution is 2.28. The molecule has 33 heavy (non-hydrogen) atoms. The summed E-state index contributed by atoms with van der Waals surface area (Å²) in [5.74, 6) is 0. The number of rotatable bonds is 9. The van der Waals surface area contributed by atoms with Crippen LogP contribution >= 0.6 is 0 Å². The molecule has 1 saturated carbocycles. The molecule has 1 saturated heterocycles. The van der Waals surface area contributed by atoms with Crippen LogP contribution in [0.15, 0.2) is 47.6 Å². The molecule has 2 aliphatic rings. The van der Waals surface area contributed by atoms with Crippen molar-refractivity contribution in [3.8, 4) is 0 Å². The molecule has 4 rings (SSSR count). The number of nitrogens with one attached hydrogen (secondary N) is 1. The van der Waals surface area contributed by atoms with Crippen molar-refractivity contribution in [2.45, 2.75) is 51.4 Å². The molecule has 2 fully saturated rings. The van der Waals surface area contributed by atoms with Crippen molar-refractivity contribution >= 4 is 17.1 Å². The summed E-state index contributed by atoms with van der Waals surface area (Å²) in [6.07, 6.45) is 4.43. The number of hydrogen-bond acceptors (Lipinski definition) is 6. The lowest BCUT2D eigenvalue weighted by atomic mass is 9.92. The van der Waals surface area contributed by atoms with Gasteiger partial charge in [0.05, 0.1) is 12.7 Å². The Balaban J connectivity index is 1.12. The van der Waals surface area contributed by atoms with Gasteiger partial charge < -0.3 is 15.0 Å². The van der Waals surface area contributed by atoms with Crippen LogP contribution in [0.4, 0.5) is 21.5 Å². The highest BCUT2D eigenvalue weighted by Gasteiger charge is 2.23. The van der Waals surface area contributed by atoms with E-state index in [1.807, 2.05) is 0 Å². The standard InChI is InChI=1S/C26H35FN4O2/c1-20-2-7-24(8-3-20)31-14-12-30(13-15-31)16-17-33-25-9-4-22(5-10-25)28-23-6-11-26(29-32)21(18-23)19-27/h2-3,6-8,11,18,22,25,28H,4-5,9-10,12-17,19H2,1H3. The first-order chi connectivity index (χ1) is 16.1. The lowest BCUT2D eigenvalue weighted by Crippen LogP contribution is -2.47. The molecule has 0 spiro atoms. The SMILES string of the molecule is Cc1ccc(N2CCN(CCOC3CCC(Nc4ccc(N=O)c(CF)c4)CC3)CC2)cc1. The van der Waals surface area contributed by atoms with Crippen molar-refractivity contribution in [1.82, 2.24) is 4.90 Å². The van der Waals surface area contributed by atoms with E-state index in [1.165, 1.54) is 11.3 Å². The maximum atomic E-state index is 13.1. The largest absolute Gasteiger partial charge is 0.382 e. The number of anilines is 2. The van der Waals surface area contributed by atoms with E-state index < -0.39 is 6.67 Å². The number of hydrogen-bond donors (Lipinski definition) is 1. The summed E-state index contributed by atoms with van der Waals surface area (Å²) in [5, 5.41) is 6.36. The van der Waals surface area contributed by atoms with Gasteiger partial charge in [0.1, 0.15) is 12.4 Å². The van der Waals surface area contributed by atoms with Crippen LogP contribution < -0.4 is 10.2 Å². The van der Waals surface area contributed by atoms with Crippen molar-refractivity contribution in [2.75, 3.05) is 49.5 Å². The number of benzene rings is 2. The summed E-state index contributed by atoms with van der Waals surface area (Å²) in [6, 6.07) is 14.2. The third-order valence-electron chi connectivity index (χ3n) is 6.90.